The third kappa shape index (κ3) is 3.87. The number of aryl methyl sites for hydroxylation is 1. The molecule has 1 amide bonds. The minimum atomic E-state index is 0.214. The van der Waals surface area contributed by atoms with Crippen LogP contribution in [-0.2, 0) is 30.8 Å². The van der Waals surface area contributed by atoms with Gasteiger partial charge in [0.15, 0.2) is 0 Å². The van der Waals surface area contributed by atoms with Crippen molar-refractivity contribution in [2.45, 2.75) is 52.4 Å². The fraction of sp³-hybridized carbons (Fsp3) is 0.556. The molecule has 0 saturated heterocycles. The molecule has 0 fully saturated rings. The van der Waals surface area contributed by atoms with Crippen LogP contribution in [0.5, 0.6) is 0 Å². The van der Waals surface area contributed by atoms with E-state index in [1.807, 2.05) is 22.7 Å². The van der Waals surface area contributed by atoms with Gasteiger partial charge in [-0.1, -0.05) is 0 Å². The Bertz CT molecular complexity index is 677. The van der Waals surface area contributed by atoms with Crippen molar-refractivity contribution in [2.75, 3.05) is 13.6 Å². The smallest absolute Gasteiger partial charge is 0.227 e. The third-order valence-corrected chi connectivity index (χ3v) is 5.50. The molecule has 0 bridgehead atoms. The van der Waals surface area contributed by atoms with Gasteiger partial charge in [-0.15, -0.1) is 0 Å². The molecule has 6 heteroatoms. The standard InChI is InChI=1S/C18H26N4OS/c1-14(2)20(3)10-16-17-11-21(6-4-7-22(17)13-19-16)18(23)9-15-5-8-24-12-15/h5,8,12-14H,4,6-7,9-11H2,1-3H3. The monoisotopic (exact) mass is 346 g/mol. The molecule has 0 aliphatic carbocycles. The summed E-state index contributed by atoms with van der Waals surface area (Å²) in [7, 11) is 2.12. The summed E-state index contributed by atoms with van der Waals surface area (Å²) in [6.07, 6.45) is 3.42. The average molecular weight is 347 g/mol. The van der Waals surface area contributed by atoms with E-state index in [2.05, 4.69) is 40.7 Å². The summed E-state index contributed by atoms with van der Waals surface area (Å²) in [6.45, 7) is 7.63. The van der Waals surface area contributed by atoms with Crippen LogP contribution >= 0.6 is 11.3 Å². The van der Waals surface area contributed by atoms with E-state index in [0.29, 0.717) is 19.0 Å². The van der Waals surface area contributed by atoms with Crippen LogP contribution in [0.15, 0.2) is 23.2 Å². The van der Waals surface area contributed by atoms with Gasteiger partial charge in [0, 0.05) is 25.7 Å². The Balaban J connectivity index is 1.74. The van der Waals surface area contributed by atoms with Gasteiger partial charge in [-0.05, 0) is 49.7 Å². The molecule has 3 heterocycles. The number of imidazole rings is 1. The summed E-state index contributed by atoms with van der Waals surface area (Å²) in [5.74, 6) is 0.214. The van der Waals surface area contributed by atoms with E-state index in [1.165, 1.54) is 5.69 Å². The van der Waals surface area contributed by atoms with Crippen LogP contribution in [-0.4, -0.2) is 44.9 Å². The highest BCUT2D eigenvalue weighted by Gasteiger charge is 2.23. The van der Waals surface area contributed by atoms with Crippen LogP contribution in [0.25, 0.3) is 0 Å². The summed E-state index contributed by atoms with van der Waals surface area (Å²) in [6, 6.07) is 2.51. The van der Waals surface area contributed by atoms with Crippen molar-refractivity contribution < 1.29 is 4.79 Å². The molecule has 0 spiro atoms. The number of carbonyl (C=O) groups excluding carboxylic acids is 1. The van der Waals surface area contributed by atoms with Crippen molar-refractivity contribution in [3.8, 4) is 0 Å². The number of rotatable bonds is 5. The van der Waals surface area contributed by atoms with Gasteiger partial charge >= 0.3 is 0 Å². The molecular weight excluding hydrogens is 320 g/mol. The first-order valence-electron chi connectivity index (χ1n) is 8.56. The van der Waals surface area contributed by atoms with Crippen LogP contribution in [0.2, 0.25) is 0 Å². The number of aromatic nitrogens is 2. The molecule has 2 aromatic heterocycles. The molecule has 3 rings (SSSR count). The first-order valence-corrected chi connectivity index (χ1v) is 9.51. The van der Waals surface area contributed by atoms with Crippen molar-refractivity contribution in [1.82, 2.24) is 19.4 Å². The largest absolute Gasteiger partial charge is 0.336 e. The van der Waals surface area contributed by atoms with E-state index in [0.717, 1.165) is 37.3 Å². The summed E-state index contributed by atoms with van der Waals surface area (Å²) in [5, 5.41) is 4.09. The zero-order valence-electron chi connectivity index (χ0n) is 14.7. The molecule has 0 unspecified atom stereocenters. The Morgan fingerprint density at radius 1 is 1.42 bits per heavy atom. The molecule has 1 aliphatic heterocycles. The maximum absolute atomic E-state index is 12.7. The van der Waals surface area contributed by atoms with Crippen molar-refractivity contribution in [1.29, 1.82) is 0 Å². The highest BCUT2D eigenvalue weighted by Crippen LogP contribution is 2.19. The summed E-state index contributed by atoms with van der Waals surface area (Å²) >= 11 is 1.64. The predicted octanol–water partition coefficient (Wildman–Crippen LogP) is 2.76. The third-order valence-electron chi connectivity index (χ3n) is 4.77. The van der Waals surface area contributed by atoms with Crippen molar-refractivity contribution in [2.24, 2.45) is 0 Å². The Labute approximate surface area is 147 Å². The minimum absolute atomic E-state index is 0.214. The van der Waals surface area contributed by atoms with Gasteiger partial charge in [-0.2, -0.15) is 11.3 Å². The number of carbonyl (C=O) groups is 1. The first kappa shape index (κ1) is 17.2. The number of thiophene rings is 1. The molecular formula is C18H26N4OS. The lowest BCUT2D eigenvalue weighted by molar-refractivity contribution is -0.131. The fourth-order valence-corrected chi connectivity index (χ4v) is 3.63. The SMILES string of the molecule is CC(C)N(C)Cc1ncn2c1CN(C(=O)Cc1ccsc1)CCC2. The lowest BCUT2D eigenvalue weighted by atomic mass is 10.2. The predicted molar refractivity (Wildman–Crippen MR) is 96.9 cm³/mol. The summed E-state index contributed by atoms with van der Waals surface area (Å²) < 4.78 is 2.22. The molecule has 5 nitrogen and oxygen atoms in total. The zero-order valence-corrected chi connectivity index (χ0v) is 15.6. The topological polar surface area (TPSA) is 41.4 Å². The Kier molecular flexibility index (Phi) is 5.36. The quantitative estimate of drug-likeness (QED) is 0.836. The molecule has 0 atom stereocenters. The van der Waals surface area contributed by atoms with Crippen LogP contribution in [0, 0.1) is 0 Å². The average Bonchev–Trinajstić information content (AvgIpc) is 3.12. The maximum Gasteiger partial charge on any atom is 0.227 e. The molecule has 130 valence electrons. The van der Waals surface area contributed by atoms with Crippen LogP contribution < -0.4 is 0 Å². The number of fused-ring (bicyclic) bond motifs is 1. The van der Waals surface area contributed by atoms with E-state index in [4.69, 9.17) is 0 Å². The Hall–Kier alpha value is -1.66. The van der Waals surface area contributed by atoms with Crippen molar-refractivity contribution in [3.63, 3.8) is 0 Å². The molecule has 2 aromatic rings. The van der Waals surface area contributed by atoms with Gasteiger partial charge in [0.05, 0.1) is 30.7 Å². The van der Waals surface area contributed by atoms with Crippen molar-refractivity contribution >= 4 is 17.2 Å². The zero-order chi connectivity index (χ0) is 17.1. The number of nitrogens with zero attached hydrogens (tertiary/aromatic N) is 4. The van der Waals surface area contributed by atoms with Gasteiger partial charge in [-0.3, -0.25) is 9.69 Å². The van der Waals surface area contributed by atoms with Gasteiger partial charge in [0.25, 0.3) is 0 Å². The first-order chi connectivity index (χ1) is 11.5. The van der Waals surface area contributed by atoms with Gasteiger partial charge < -0.3 is 9.47 Å². The number of hydrogen-bond donors (Lipinski definition) is 0. The van der Waals surface area contributed by atoms with Gasteiger partial charge in [0.2, 0.25) is 5.91 Å². The second-order valence-electron chi connectivity index (χ2n) is 6.82. The summed E-state index contributed by atoms with van der Waals surface area (Å²) in [4.78, 5) is 21.6. The van der Waals surface area contributed by atoms with Crippen LogP contribution in [0.3, 0.4) is 0 Å². The van der Waals surface area contributed by atoms with E-state index < -0.39 is 0 Å². The molecule has 0 saturated carbocycles. The molecule has 24 heavy (non-hydrogen) atoms. The maximum atomic E-state index is 12.7. The summed E-state index contributed by atoms with van der Waals surface area (Å²) in [5.41, 5.74) is 3.41. The van der Waals surface area contributed by atoms with E-state index in [9.17, 15) is 4.79 Å². The number of amides is 1. The van der Waals surface area contributed by atoms with Crippen LogP contribution in [0.4, 0.5) is 0 Å². The van der Waals surface area contributed by atoms with E-state index in [-0.39, 0.29) is 5.91 Å². The highest BCUT2D eigenvalue weighted by atomic mass is 32.1. The highest BCUT2D eigenvalue weighted by molar-refractivity contribution is 7.07. The van der Waals surface area contributed by atoms with Crippen molar-refractivity contribution in [3.05, 3.63) is 40.1 Å². The van der Waals surface area contributed by atoms with E-state index >= 15 is 0 Å². The minimum Gasteiger partial charge on any atom is -0.336 e. The normalized spacial score (nSPS) is 15.0. The van der Waals surface area contributed by atoms with Gasteiger partial charge in [-0.25, -0.2) is 4.98 Å². The van der Waals surface area contributed by atoms with E-state index in [1.54, 1.807) is 11.3 Å². The molecule has 0 aromatic carbocycles. The Morgan fingerprint density at radius 2 is 2.25 bits per heavy atom. The second-order valence-corrected chi connectivity index (χ2v) is 7.60. The molecule has 0 N–H and O–H groups in total. The second kappa shape index (κ2) is 7.49. The molecule has 1 aliphatic rings. The lowest BCUT2D eigenvalue weighted by Crippen LogP contribution is -2.32. The Morgan fingerprint density at radius 3 is 2.96 bits per heavy atom. The fourth-order valence-electron chi connectivity index (χ4n) is 2.96. The lowest BCUT2D eigenvalue weighted by Gasteiger charge is -2.23. The number of hydrogen-bond acceptors (Lipinski definition) is 4. The van der Waals surface area contributed by atoms with Crippen LogP contribution in [0.1, 0.15) is 37.2 Å². The van der Waals surface area contributed by atoms with Gasteiger partial charge in [0.1, 0.15) is 0 Å². The molecule has 0 radical (unpaired) electrons.